The second-order valence-electron chi connectivity index (χ2n) is 4.57. The molecule has 0 bridgehead atoms. The number of hydrogen-bond donors (Lipinski definition) is 0. The molecular weight excluding hydrogens is 220 g/mol. The summed E-state index contributed by atoms with van der Waals surface area (Å²) in [5, 5.41) is 0.619. The van der Waals surface area contributed by atoms with Crippen molar-refractivity contribution in [2.75, 3.05) is 0 Å². The largest absolute Gasteiger partial charge is 0.294 e. The number of rotatable bonds is 2. The van der Waals surface area contributed by atoms with E-state index in [1.807, 2.05) is 12.1 Å². The van der Waals surface area contributed by atoms with Crippen LogP contribution in [0.5, 0.6) is 0 Å². The smallest absolute Gasteiger partial charge is 0.164 e. The first kappa shape index (κ1) is 11.7. The summed E-state index contributed by atoms with van der Waals surface area (Å²) in [5.74, 6) is 0.207. The number of fused-ring (bicyclic) bond motifs is 1. The molecule has 0 radical (unpaired) electrons. The van der Waals surface area contributed by atoms with Crippen molar-refractivity contribution in [1.29, 1.82) is 0 Å². The number of benzene rings is 1. The molecule has 0 spiro atoms. The third kappa shape index (κ3) is 1.58. The minimum atomic E-state index is 0.161. The minimum absolute atomic E-state index is 0.161. The second kappa shape index (κ2) is 4.21. The van der Waals surface area contributed by atoms with Crippen molar-refractivity contribution in [2.45, 2.75) is 44.9 Å². The van der Waals surface area contributed by atoms with Gasteiger partial charge in [-0.3, -0.25) is 4.79 Å². The van der Waals surface area contributed by atoms with E-state index in [1.54, 1.807) is 0 Å². The van der Waals surface area contributed by atoms with Crippen molar-refractivity contribution in [2.24, 2.45) is 0 Å². The van der Waals surface area contributed by atoms with Crippen LogP contribution in [0.15, 0.2) is 18.2 Å². The molecule has 0 atom stereocenters. The summed E-state index contributed by atoms with van der Waals surface area (Å²) in [6.45, 7) is 4.40. The fraction of sp³-hybridized carbons (Fsp3) is 0.500. The molecule has 0 saturated carbocycles. The summed E-state index contributed by atoms with van der Waals surface area (Å²) in [6, 6.07) is 5.85. The van der Waals surface area contributed by atoms with Gasteiger partial charge < -0.3 is 0 Å². The van der Waals surface area contributed by atoms with Gasteiger partial charge in [0.2, 0.25) is 0 Å². The van der Waals surface area contributed by atoms with Crippen LogP contribution in [0, 0.1) is 0 Å². The van der Waals surface area contributed by atoms with Gasteiger partial charge in [-0.05, 0) is 36.3 Å². The number of hydrogen-bond acceptors (Lipinski definition) is 1. The Labute approximate surface area is 102 Å². The summed E-state index contributed by atoms with van der Waals surface area (Å²) >= 11 is 6.16. The average molecular weight is 237 g/mol. The zero-order valence-corrected chi connectivity index (χ0v) is 10.6. The molecule has 0 unspecified atom stereocenters. The Morgan fingerprint density at radius 3 is 2.62 bits per heavy atom. The predicted molar refractivity (Wildman–Crippen MR) is 67.3 cm³/mol. The van der Waals surface area contributed by atoms with E-state index in [4.69, 9.17) is 11.6 Å². The van der Waals surface area contributed by atoms with E-state index < -0.39 is 0 Å². The van der Waals surface area contributed by atoms with Crippen LogP contribution in [0.3, 0.4) is 0 Å². The number of halogens is 1. The lowest BCUT2D eigenvalue weighted by molar-refractivity contribution is 0.0948. The third-order valence-electron chi connectivity index (χ3n) is 4.05. The number of Topliss-reactive ketones (excluding diaryl/α,β-unsaturated/α-hetero) is 1. The molecule has 16 heavy (non-hydrogen) atoms. The zero-order valence-electron chi connectivity index (χ0n) is 9.85. The van der Waals surface area contributed by atoms with Gasteiger partial charge in [-0.2, -0.15) is 0 Å². The molecule has 0 N–H and O–H groups in total. The summed E-state index contributed by atoms with van der Waals surface area (Å²) < 4.78 is 0. The van der Waals surface area contributed by atoms with Gasteiger partial charge in [0, 0.05) is 12.0 Å². The van der Waals surface area contributed by atoms with Gasteiger partial charge in [0.15, 0.2) is 5.78 Å². The molecule has 2 heteroatoms. The van der Waals surface area contributed by atoms with Crippen LogP contribution in [0.2, 0.25) is 5.02 Å². The molecule has 86 valence electrons. The highest BCUT2D eigenvalue weighted by Gasteiger charge is 2.37. The van der Waals surface area contributed by atoms with Crippen LogP contribution < -0.4 is 0 Å². The molecule has 0 aliphatic heterocycles. The molecule has 0 aromatic heterocycles. The minimum Gasteiger partial charge on any atom is -0.294 e. The number of carbonyl (C=O) groups is 1. The van der Waals surface area contributed by atoms with Crippen LogP contribution in [-0.2, 0) is 5.41 Å². The van der Waals surface area contributed by atoms with Crippen LogP contribution >= 0.6 is 11.6 Å². The summed E-state index contributed by atoms with van der Waals surface area (Å²) in [5.41, 5.74) is 2.11. The number of carbonyl (C=O) groups excluding carboxylic acids is 1. The normalized spacial score (nSPS) is 18.3. The summed E-state index contributed by atoms with van der Waals surface area (Å²) in [4.78, 5) is 11.9. The van der Waals surface area contributed by atoms with Crippen LogP contribution in [0.4, 0.5) is 0 Å². The molecule has 0 heterocycles. The lowest BCUT2D eigenvalue weighted by Crippen LogP contribution is -2.32. The van der Waals surface area contributed by atoms with E-state index in [1.165, 1.54) is 5.56 Å². The van der Waals surface area contributed by atoms with E-state index in [2.05, 4.69) is 19.9 Å². The average Bonchev–Trinajstić information content (AvgIpc) is 2.31. The second-order valence-corrected chi connectivity index (χ2v) is 4.98. The van der Waals surface area contributed by atoms with Gasteiger partial charge in [0.05, 0.1) is 5.02 Å². The monoisotopic (exact) mass is 236 g/mol. The van der Waals surface area contributed by atoms with Gasteiger partial charge in [-0.25, -0.2) is 0 Å². The van der Waals surface area contributed by atoms with Crippen LogP contribution in [0.25, 0.3) is 0 Å². The van der Waals surface area contributed by atoms with Crippen molar-refractivity contribution in [1.82, 2.24) is 0 Å². The Morgan fingerprint density at radius 2 is 2.00 bits per heavy atom. The lowest BCUT2D eigenvalue weighted by atomic mass is 9.66. The maximum Gasteiger partial charge on any atom is 0.164 e. The highest BCUT2D eigenvalue weighted by Crippen LogP contribution is 2.44. The molecule has 1 aromatic rings. The fourth-order valence-electron chi connectivity index (χ4n) is 2.85. The van der Waals surface area contributed by atoms with Gasteiger partial charge >= 0.3 is 0 Å². The Balaban J connectivity index is 2.65. The summed E-state index contributed by atoms with van der Waals surface area (Å²) in [7, 11) is 0. The first-order valence-electron chi connectivity index (χ1n) is 5.97. The van der Waals surface area contributed by atoms with Gasteiger partial charge in [0.25, 0.3) is 0 Å². The quantitative estimate of drug-likeness (QED) is 0.745. The molecule has 2 rings (SSSR count). The van der Waals surface area contributed by atoms with Crippen molar-refractivity contribution < 1.29 is 4.79 Å². The molecule has 0 saturated heterocycles. The first-order chi connectivity index (χ1) is 7.64. The maximum absolute atomic E-state index is 11.9. The summed E-state index contributed by atoms with van der Waals surface area (Å²) in [6.07, 6.45) is 3.75. The Morgan fingerprint density at radius 1 is 1.31 bits per heavy atom. The topological polar surface area (TPSA) is 17.1 Å². The molecule has 1 aliphatic carbocycles. The first-order valence-corrected chi connectivity index (χ1v) is 6.34. The molecule has 0 amide bonds. The molecule has 1 nitrogen and oxygen atoms in total. The highest BCUT2D eigenvalue weighted by atomic mass is 35.5. The van der Waals surface area contributed by atoms with Crippen LogP contribution in [0.1, 0.15) is 55.5 Å². The molecule has 1 aliphatic rings. The molecule has 0 fully saturated rings. The zero-order chi connectivity index (χ0) is 11.8. The van der Waals surface area contributed by atoms with E-state index in [0.717, 1.165) is 24.8 Å². The van der Waals surface area contributed by atoms with Gasteiger partial charge in [0.1, 0.15) is 0 Å². The Bertz CT molecular complexity index is 419. The third-order valence-corrected chi connectivity index (χ3v) is 4.36. The van der Waals surface area contributed by atoms with Crippen molar-refractivity contribution >= 4 is 17.4 Å². The van der Waals surface area contributed by atoms with Gasteiger partial charge in [-0.1, -0.05) is 37.6 Å². The fourth-order valence-corrected chi connectivity index (χ4v) is 3.13. The Kier molecular flexibility index (Phi) is 3.07. The van der Waals surface area contributed by atoms with Crippen molar-refractivity contribution in [3.8, 4) is 0 Å². The number of ketones is 1. The standard InChI is InChI=1S/C14H17ClO/c1-3-14(4-2)9-8-12(16)13-10(14)6-5-7-11(13)15/h5-7H,3-4,8-9H2,1-2H3. The van der Waals surface area contributed by atoms with E-state index in [9.17, 15) is 4.79 Å². The SMILES string of the molecule is CCC1(CC)CCC(=O)c2c(Cl)cccc21. The Hall–Kier alpha value is -0.820. The van der Waals surface area contributed by atoms with Gasteiger partial charge in [-0.15, -0.1) is 0 Å². The van der Waals surface area contributed by atoms with E-state index >= 15 is 0 Å². The van der Waals surface area contributed by atoms with E-state index in [-0.39, 0.29) is 11.2 Å². The van der Waals surface area contributed by atoms with E-state index in [0.29, 0.717) is 11.4 Å². The van der Waals surface area contributed by atoms with Crippen molar-refractivity contribution in [3.05, 3.63) is 34.3 Å². The molecular formula is C14H17ClO. The molecule has 1 aromatic carbocycles. The van der Waals surface area contributed by atoms with Crippen molar-refractivity contribution in [3.63, 3.8) is 0 Å². The predicted octanol–water partition coefficient (Wildman–Crippen LogP) is 4.37. The van der Waals surface area contributed by atoms with Crippen LogP contribution in [-0.4, -0.2) is 5.78 Å². The highest BCUT2D eigenvalue weighted by molar-refractivity contribution is 6.34. The lowest BCUT2D eigenvalue weighted by Gasteiger charge is -2.37. The maximum atomic E-state index is 11.9.